The fourth-order valence-corrected chi connectivity index (χ4v) is 7.35. The Morgan fingerprint density at radius 2 is 1.30 bits per heavy atom. The van der Waals surface area contributed by atoms with Gasteiger partial charge in [-0.1, -0.05) is 6.92 Å². The fourth-order valence-electron chi connectivity index (χ4n) is 2.06. The highest BCUT2D eigenvalue weighted by Crippen LogP contribution is 2.08. The number of hydrogen-bond donors (Lipinski definition) is 4. The number of sulfonamides is 5. The van der Waals surface area contributed by atoms with E-state index in [-0.39, 0.29) is 29.5 Å². The normalized spacial score (nSPS) is 15.2. The van der Waals surface area contributed by atoms with E-state index in [1.54, 1.807) is 9.66 Å². The Morgan fingerprint density at radius 1 is 0.758 bits per heavy atom. The van der Waals surface area contributed by atoms with Gasteiger partial charge in [-0.2, -0.15) is 9.44 Å². The van der Waals surface area contributed by atoms with Crippen LogP contribution in [0, 0.1) is 0 Å². The van der Waals surface area contributed by atoms with Gasteiger partial charge < -0.3 is 0 Å². The van der Waals surface area contributed by atoms with Gasteiger partial charge in [-0.15, -0.1) is 9.66 Å². The van der Waals surface area contributed by atoms with E-state index >= 15 is 0 Å². The molecule has 0 bridgehead atoms. The summed E-state index contributed by atoms with van der Waals surface area (Å²) < 4.78 is 124. The van der Waals surface area contributed by atoms with Gasteiger partial charge in [0.15, 0.2) is 0 Å². The minimum atomic E-state index is -4.63. The lowest BCUT2D eigenvalue weighted by Gasteiger charge is -2.24. The first-order valence-electron chi connectivity index (χ1n) is 9.68. The van der Waals surface area contributed by atoms with Crippen LogP contribution >= 0.6 is 0 Å². The average Bonchev–Trinajstić information content (AvgIpc) is 2.58. The second-order valence-corrected chi connectivity index (χ2v) is 17.1. The molecule has 0 saturated carbocycles. The number of rotatable bonds is 17. The van der Waals surface area contributed by atoms with E-state index in [9.17, 15) is 42.1 Å². The largest absolute Gasteiger partial charge is 0.242 e. The minimum absolute atomic E-state index is 0.109. The molecule has 0 amide bonds. The minimum Gasteiger partial charge on any atom is -0.213 e. The van der Waals surface area contributed by atoms with Crippen molar-refractivity contribution in [2.45, 2.75) is 58.4 Å². The van der Waals surface area contributed by atoms with Crippen LogP contribution in [-0.2, 0) is 50.1 Å². The lowest BCUT2D eigenvalue weighted by molar-refractivity contribution is 0.341. The van der Waals surface area contributed by atoms with E-state index in [0.717, 1.165) is 6.26 Å². The molecule has 0 radical (unpaired) electrons. The zero-order chi connectivity index (χ0) is 26.3. The molecule has 0 aliphatic rings. The van der Waals surface area contributed by atoms with Crippen LogP contribution in [0.3, 0.4) is 0 Å². The van der Waals surface area contributed by atoms with Crippen molar-refractivity contribution in [2.24, 2.45) is 0 Å². The third-order valence-electron chi connectivity index (χ3n) is 3.76. The maximum atomic E-state index is 12.7. The quantitative estimate of drug-likeness (QED) is 0.106. The lowest BCUT2D eigenvalue weighted by Crippen LogP contribution is -2.57. The molecule has 0 heterocycles. The second-order valence-electron chi connectivity index (χ2n) is 7.28. The molecule has 1 atom stereocenters. The van der Waals surface area contributed by atoms with Crippen molar-refractivity contribution < 1.29 is 42.1 Å². The van der Waals surface area contributed by atoms with Crippen LogP contribution in [0.25, 0.3) is 0 Å². The molecule has 0 aromatic carbocycles. The molecule has 0 aromatic rings. The van der Waals surface area contributed by atoms with Gasteiger partial charge in [-0.3, -0.25) is 0 Å². The molecule has 15 nitrogen and oxygen atoms in total. The summed E-state index contributed by atoms with van der Waals surface area (Å²) in [5, 5.41) is -1.10. The van der Waals surface area contributed by atoms with Crippen LogP contribution in [0.1, 0.15) is 47.0 Å². The average molecular weight is 580 g/mol. The summed E-state index contributed by atoms with van der Waals surface area (Å²) in [5.74, 6) is -1.70. The van der Waals surface area contributed by atoms with Crippen LogP contribution in [-0.4, -0.2) is 81.5 Å². The third kappa shape index (κ3) is 13.3. The molecule has 0 saturated heterocycles. The predicted octanol–water partition coefficient (Wildman–Crippen LogP) is -2.30. The fraction of sp³-hybridized carbons (Fsp3) is 1.00. The van der Waals surface area contributed by atoms with Gasteiger partial charge in [-0.25, -0.2) is 42.1 Å². The van der Waals surface area contributed by atoms with Gasteiger partial charge in [0.05, 0.1) is 34.9 Å². The summed E-state index contributed by atoms with van der Waals surface area (Å²) in [6.45, 7) is 5.32. The zero-order valence-electron chi connectivity index (χ0n) is 19.0. The van der Waals surface area contributed by atoms with Crippen LogP contribution in [0.5, 0.6) is 0 Å². The summed E-state index contributed by atoms with van der Waals surface area (Å²) >= 11 is 0. The Morgan fingerprint density at radius 3 is 1.73 bits per heavy atom. The van der Waals surface area contributed by atoms with Crippen molar-refractivity contribution in [1.29, 1.82) is 0 Å². The zero-order valence-corrected chi connectivity index (χ0v) is 23.1. The maximum absolute atomic E-state index is 12.7. The van der Waals surface area contributed by atoms with E-state index in [1.807, 2.05) is 4.72 Å². The molecule has 0 spiro atoms. The summed E-state index contributed by atoms with van der Waals surface area (Å²) in [7, 11) is -20.9. The highest BCUT2D eigenvalue weighted by molar-refractivity contribution is 7.94. The van der Waals surface area contributed by atoms with Gasteiger partial charge in [0.1, 0.15) is 0 Å². The van der Waals surface area contributed by atoms with Crippen LogP contribution in [0.2, 0.25) is 0 Å². The van der Waals surface area contributed by atoms with Gasteiger partial charge in [-0.05, 0) is 44.6 Å². The molecule has 0 aliphatic heterocycles. The Hall–Kier alpha value is -0.450. The Balaban J connectivity index is 5.71. The van der Waals surface area contributed by atoms with Crippen molar-refractivity contribution in [3.63, 3.8) is 0 Å². The smallest absolute Gasteiger partial charge is 0.213 e. The van der Waals surface area contributed by atoms with Crippen molar-refractivity contribution in [3.8, 4) is 0 Å². The van der Waals surface area contributed by atoms with Crippen LogP contribution < -0.4 is 19.1 Å². The highest BCUT2D eigenvalue weighted by Gasteiger charge is 2.32. The molecular formula is C13H33N5O10S5. The highest BCUT2D eigenvalue weighted by atomic mass is 32.2. The molecule has 0 aromatic heterocycles. The molecule has 0 fully saturated rings. The van der Waals surface area contributed by atoms with E-state index in [0.29, 0.717) is 0 Å². The SMILES string of the molecule is CCCS(=O)(=O)NN(NS(=O)(=O)C(C)C)S(=O)(=O)CCCC(NS(C)(=O)=O)NS(=O)(=O)CC. The molecule has 1 unspecified atom stereocenters. The van der Waals surface area contributed by atoms with Crippen molar-refractivity contribution >= 4 is 50.1 Å². The van der Waals surface area contributed by atoms with Gasteiger partial charge in [0, 0.05) is 0 Å². The Labute approximate surface area is 197 Å². The number of nitrogens with zero attached hydrogens (tertiary/aromatic N) is 1. The van der Waals surface area contributed by atoms with Crippen molar-refractivity contribution in [3.05, 3.63) is 0 Å². The molecular weight excluding hydrogens is 547 g/mol. The second kappa shape index (κ2) is 12.5. The summed E-state index contributed by atoms with van der Waals surface area (Å²) in [6, 6.07) is 0. The number of hydrogen-bond acceptors (Lipinski definition) is 10. The predicted molar refractivity (Wildman–Crippen MR) is 124 cm³/mol. The maximum Gasteiger partial charge on any atom is 0.242 e. The molecule has 200 valence electrons. The summed E-state index contributed by atoms with van der Waals surface area (Å²) in [6.07, 6.45) is -1.18. The van der Waals surface area contributed by atoms with Gasteiger partial charge >= 0.3 is 0 Å². The molecule has 0 rings (SSSR count). The third-order valence-corrected chi connectivity index (χ3v) is 10.7. The Bertz CT molecular complexity index is 1160. The van der Waals surface area contributed by atoms with E-state index in [1.165, 1.54) is 27.7 Å². The first-order valence-corrected chi connectivity index (χ1v) is 18.0. The van der Waals surface area contributed by atoms with E-state index < -0.39 is 73.0 Å². The first kappa shape index (κ1) is 32.5. The van der Waals surface area contributed by atoms with E-state index in [2.05, 4.69) is 4.72 Å². The first-order chi connectivity index (χ1) is 14.7. The van der Waals surface area contributed by atoms with Crippen LogP contribution in [0.15, 0.2) is 0 Å². The summed E-state index contributed by atoms with van der Waals surface area (Å²) in [5.41, 5.74) is 0. The van der Waals surface area contributed by atoms with Crippen LogP contribution in [0.4, 0.5) is 0 Å². The molecule has 20 heteroatoms. The summed E-state index contributed by atoms with van der Waals surface area (Å²) in [4.78, 5) is 3.35. The van der Waals surface area contributed by atoms with Gasteiger partial charge in [0.25, 0.3) is 0 Å². The number of nitrogens with one attached hydrogen (secondary N) is 4. The van der Waals surface area contributed by atoms with E-state index in [4.69, 9.17) is 0 Å². The molecule has 0 aliphatic carbocycles. The Kier molecular flexibility index (Phi) is 12.3. The topological polar surface area (TPSA) is 222 Å². The number of hydrazine groups is 2. The van der Waals surface area contributed by atoms with Crippen molar-refractivity contribution in [1.82, 2.24) is 23.6 Å². The lowest BCUT2D eigenvalue weighted by atomic mass is 10.3. The standard InChI is InChI=1S/C13H33N5O10S5/c1-6-10-31(23,24)16-18(17-33(27,28)12(3)4)32(25,26)11-8-9-13(14-29(5,19)20)15-30(21,22)7-2/h12-17H,6-11H2,1-5H3. The van der Waals surface area contributed by atoms with Gasteiger partial charge in [0.2, 0.25) is 50.1 Å². The monoisotopic (exact) mass is 579 g/mol. The molecule has 33 heavy (non-hydrogen) atoms. The molecule has 4 N–H and O–H groups in total. The van der Waals surface area contributed by atoms with Crippen molar-refractivity contribution in [2.75, 3.05) is 23.5 Å².